The van der Waals surface area contributed by atoms with Crippen LogP contribution in [0.5, 0.6) is 5.75 Å². The fraction of sp³-hybridized carbons (Fsp3) is 0.455. The van der Waals surface area contributed by atoms with Crippen molar-refractivity contribution in [2.45, 2.75) is 43.7 Å². The molecule has 3 heterocycles. The third kappa shape index (κ3) is 4.37. The second-order valence-corrected chi connectivity index (χ2v) is 10.1. The summed E-state index contributed by atoms with van der Waals surface area (Å²) in [7, 11) is -2.03. The summed E-state index contributed by atoms with van der Waals surface area (Å²) < 4.78 is 38.6. The molecule has 1 aromatic heterocycles. The third-order valence-corrected chi connectivity index (χ3v) is 7.83. The Morgan fingerprint density at radius 3 is 2.66 bits per heavy atom. The standard InChI is InChI=1S/C22H27N3O6S/c1-3-19-21(26)23-18-13-17(6-7-20(18)31-19)32(28,29)25-10-8-15(9-11-25)22(27)24(2)14-16-5-4-12-30-16/h4-7,12-13,15,19H,3,8-11,14H2,1-2H3,(H,23,26)/t19-/m0/s1. The van der Waals surface area contributed by atoms with E-state index in [2.05, 4.69) is 5.32 Å². The van der Waals surface area contributed by atoms with Crippen LogP contribution in [-0.4, -0.2) is 55.7 Å². The van der Waals surface area contributed by atoms with E-state index in [1.807, 2.05) is 13.0 Å². The van der Waals surface area contributed by atoms with Gasteiger partial charge in [0.1, 0.15) is 11.5 Å². The van der Waals surface area contributed by atoms with Gasteiger partial charge < -0.3 is 19.4 Å². The SMILES string of the molecule is CC[C@@H]1Oc2ccc(S(=O)(=O)N3CCC(C(=O)N(C)Cc4ccco4)CC3)cc2NC1=O. The van der Waals surface area contributed by atoms with Crippen molar-refractivity contribution in [1.82, 2.24) is 9.21 Å². The predicted molar refractivity (Wildman–Crippen MR) is 116 cm³/mol. The summed E-state index contributed by atoms with van der Waals surface area (Å²) in [4.78, 5) is 26.5. The summed E-state index contributed by atoms with van der Waals surface area (Å²) in [5.41, 5.74) is 0.352. The largest absolute Gasteiger partial charge is 0.478 e. The number of amides is 2. The number of nitrogens with one attached hydrogen (secondary N) is 1. The zero-order chi connectivity index (χ0) is 22.9. The van der Waals surface area contributed by atoms with Gasteiger partial charge in [-0.2, -0.15) is 4.31 Å². The molecule has 0 saturated carbocycles. The van der Waals surface area contributed by atoms with Gasteiger partial charge >= 0.3 is 0 Å². The number of carbonyl (C=O) groups is 2. The van der Waals surface area contributed by atoms with Crippen molar-refractivity contribution < 1.29 is 27.2 Å². The first-order valence-electron chi connectivity index (χ1n) is 10.7. The smallest absolute Gasteiger partial charge is 0.265 e. The van der Waals surface area contributed by atoms with Crippen LogP contribution in [-0.2, 0) is 26.2 Å². The van der Waals surface area contributed by atoms with Crippen LogP contribution in [0, 0.1) is 5.92 Å². The van der Waals surface area contributed by atoms with Gasteiger partial charge in [0, 0.05) is 26.1 Å². The predicted octanol–water partition coefficient (Wildman–Crippen LogP) is 2.45. The van der Waals surface area contributed by atoms with Crippen molar-refractivity contribution in [2.75, 3.05) is 25.5 Å². The lowest BCUT2D eigenvalue weighted by Gasteiger charge is -2.32. The van der Waals surface area contributed by atoms with Crippen LogP contribution in [0.1, 0.15) is 31.9 Å². The minimum Gasteiger partial charge on any atom is -0.478 e. The molecule has 1 saturated heterocycles. The van der Waals surface area contributed by atoms with Crippen LogP contribution in [0.3, 0.4) is 0 Å². The first-order valence-corrected chi connectivity index (χ1v) is 12.1. The lowest BCUT2D eigenvalue weighted by atomic mass is 9.96. The second kappa shape index (κ2) is 8.95. The summed E-state index contributed by atoms with van der Waals surface area (Å²) in [6.07, 6.45) is 2.41. The number of sulfonamides is 1. The molecule has 9 nitrogen and oxygen atoms in total. The fourth-order valence-electron chi connectivity index (χ4n) is 4.08. The van der Waals surface area contributed by atoms with E-state index in [4.69, 9.17) is 9.15 Å². The van der Waals surface area contributed by atoms with Gasteiger partial charge in [0.15, 0.2) is 6.10 Å². The zero-order valence-electron chi connectivity index (χ0n) is 18.1. The Morgan fingerprint density at radius 1 is 1.25 bits per heavy atom. The molecule has 1 aromatic carbocycles. The number of benzene rings is 1. The second-order valence-electron chi connectivity index (χ2n) is 8.11. The Labute approximate surface area is 187 Å². The average Bonchev–Trinajstić information content (AvgIpc) is 3.30. The van der Waals surface area contributed by atoms with E-state index in [0.717, 1.165) is 0 Å². The molecule has 10 heteroatoms. The Hall–Kier alpha value is -2.85. The molecule has 32 heavy (non-hydrogen) atoms. The van der Waals surface area contributed by atoms with Crippen molar-refractivity contribution in [3.05, 3.63) is 42.4 Å². The van der Waals surface area contributed by atoms with E-state index in [0.29, 0.717) is 43.0 Å². The monoisotopic (exact) mass is 461 g/mol. The fourth-order valence-corrected chi connectivity index (χ4v) is 5.57. The zero-order valence-corrected chi connectivity index (χ0v) is 18.9. The minimum atomic E-state index is -3.76. The maximum atomic E-state index is 13.2. The summed E-state index contributed by atoms with van der Waals surface area (Å²) >= 11 is 0. The van der Waals surface area contributed by atoms with E-state index in [1.165, 1.54) is 16.4 Å². The molecule has 1 N–H and O–H groups in total. The van der Waals surface area contributed by atoms with E-state index in [9.17, 15) is 18.0 Å². The number of piperidine rings is 1. The highest BCUT2D eigenvalue weighted by Gasteiger charge is 2.34. The molecule has 1 atom stereocenters. The van der Waals surface area contributed by atoms with Gasteiger partial charge in [-0.3, -0.25) is 9.59 Å². The number of anilines is 1. The van der Waals surface area contributed by atoms with E-state index in [1.54, 1.807) is 30.3 Å². The number of ether oxygens (including phenoxy) is 1. The molecule has 172 valence electrons. The summed E-state index contributed by atoms with van der Waals surface area (Å²) in [6.45, 7) is 2.74. The highest BCUT2D eigenvalue weighted by Crippen LogP contribution is 2.34. The van der Waals surface area contributed by atoms with Crippen molar-refractivity contribution in [3.8, 4) is 5.75 Å². The molecule has 2 amide bonds. The van der Waals surface area contributed by atoms with Gasteiger partial charge in [-0.05, 0) is 49.6 Å². The maximum Gasteiger partial charge on any atom is 0.265 e. The van der Waals surface area contributed by atoms with Crippen LogP contribution < -0.4 is 10.1 Å². The number of hydrogen-bond acceptors (Lipinski definition) is 6. The molecule has 0 unspecified atom stereocenters. The molecule has 2 aliphatic rings. The van der Waals surface area contributed by atoms with Crippen LogP contribution in [0.2, 0.25) is 0 Å². The Balaban J connectivity index is 1.40. The quantitative estimate of drug-likeness (QED) is 0.708. The number of fused-ring (bicyclic) bond motifs is 1. The lowest BCUT2D eigenvalue weighted by molar-refractivity contribution is -0.136. The molecule has 4 rings (SSSR count). The third-order valence-electron chi connectivity index (χ3n) is 5.93. The maximum absolute atomic E-state index is 13.2. The molecule has 0 spiro atoms. The summed E-state index contributed by atoms with van der Waals surface area (Å²) in [6, 6.07) is 8.09. The van der Waals surface area contributed by atoms with Gasteiger partial charge in [-0.25, -0.2) is 8.42 Å². The molecule has 0 radical (unpaired) electrons. The Kier molecular flexibility index (Phi) is 6.25. The van der Waals surface area contributed by atoms with Gasteiger partial charge in [-0.15, -0.1) is 0 Å². The van der Waals surface area contributed by atoms with Crippen LogP contribution in [0.4, 0.5) is 5.69 Å². The molecule has 0 bridgehead atoms. The lowest BCUT2D eigenvalue weighted by Crippen LogP contribution is -2.43. The highest BCUT2D eigenvalue weighted by molar-refractivity contribution is 7.89. The van der Waals surface area contributed by atoms with Crippen molar-refractivity contribution in [3.63, 3.8) is 0 Å². The van der Waals surface area contributed by atoms with E-state index >= 15 is 0 Å². The minimum absolute atomic E-state index is 0.0161. The highest BCUT2D eigenvalue weighted by atomic mass is 32.2. The number of hydrogen-bond donors (Lipinski definition) is 1. The molecule has 2 aromatic rings. The van der Waals surface area contributed by atoms with Crippen molar-refractivity contribution in [2.24, 2.45) is 5.92 Å². The Bertz CT molecular complexity index is 1090. The summed E-state index contributed by atoms with van der Waals surface area (Å²) in [5, 5.41) is 2.72. The summed E-state index contributed by atoms with van der Waals surface area (Å²) in [5.74, 6) is 0.627. The van der Waals surface area contributed by atoms with E-state index < -0.39 is 16.1 Å². The van der Waals surface area contributed by atoms with Crippen LogP contribution >= 0.6 is 0 Å². The first-order chi connectivity index (χ1) is 15.3. The number of nitrogens with zero attached hydrogens (tertiary/aromatic N) is 2. The molecular formula is C22H27N3O6S. The molecule has 0 aliphatic carbocycles. The van der Waals surface area contributed by atoms with Crippen LogP contribution in [0.25, 0.3) is 0 Å². The van der Waals surface area contributed by atoms with Gasteiger partial charge in [0.2, 0.25) is 15.9 Å². The van der Waals surface area contributed by atoms with Crippen LogP contribution in [0.15, 0.2) is 45.9 Å². The molecule has 2 aliphatic heterocycles. The van der Waals surface area contributed by atoms with Crippen molar-refractivity contribution in [1.29, 1.82) is 0 Å². The number of furan rings is 1. The van der Waals surface area contributed by atoms with Gasteiger partial charge in [0.05, 0.1) is 23.4 Å². The van der Waals surface area contributed by atoms with Gasteiger partial charge in [0.25, 0.3) is 5.91 Å². The first kappa shape index (κ1) is 22.3. The average molecular weight is 462 g/mol. The Morgan fingerprint density at radius 2 is 2.00 bits per heavy atom. The molecule has 1 fully saturated rings. The van der Waals surface area contributed by atoms with Gasteiger partial charge in [-0.1, -0.05) is 6.92 Å². The topological polar surface area (TPSA) is 109 Å². The number of rotatable bonds is 6. The molecular weight excluding hydrogens is 434 g/mol. The van der Waals surface area contributed by atoms with Crippen molar-refractivity contribution >= 4 is 27.5 Å². The number of carbonyl (C=O) groups excluding carboxylic acids is 2. The van der Waals surface area contributed by atoms with E-state index in [-0.39, 0.29) is 35.7 Å². The normalized spacial score (nSPS) is 19.7.